The van der Waals surface area contributed by atoms with Gasteiger partial charge in [-0.3, -0.25) is 0 Å². The molecule has 0 unspecified atom stereocenters. The molecule has 0 aromatic heterocycles. The summed E-state index contributed by atoms with van der Waals surface area (Å²) in [6, 6.07) is 6.47. The van der Waals surface area contributed by atoms with Gasteiger partial charge in [0.2, 0.25) is 0 Å². The summed E-state index contributed by atoms with van der Waals surface area (Å²) in [6.45, 7) is 1.09. The van der Waals surface area contributed by atoms with Crippen LogP contribution in [0.1, 0.15) is 30.9 Å². The summed E-state index contributed by atoms with van der Waals surface area (Å²) in [6.07, 6.45) is 3.71. The summed E-state index contributed by atoms with van der Waals surface area (Å²) in [5.41, 5.74) is 1.21. The first-order valence-corrected chi connectivity index (χ1v) is 5.81. The van der Waals surface area contributed by atoms with Crippen molar-refractivity contribution in [1.82, 2.24) is 5.32 Å². The molecule has 1 fully saturated rings. The molecule has 88 valence electrons. The molecule has 1 aliphatic heterocycles. The number of hydrogen-bond acceptors (Lipinski definition) is 3. The molecule has 0 saturated carbocycles. The first-order valence-electron chi connectivity index (χ1n) is 5.81. The van der Waals surface area contributed by atoms with Crippen LogP contribution >= 0.6 is 0 Å². The summed E-state index contributed by atoms with van der Waals surface area (Å²) < 4.78 is 10.8. The third-order valence-electron chi connectivity index (χ3n) is 3.12. The number of para-hydroxylation sites is 1. The molecule has 1 N–H and O–H groups in total. The third kappa shape index (κ3) is 2.14. The maximum absolute atomic E-state index is 5.46. The van der Waals surface area contributed by atoms with Crippen LogP contribution in [0.2, 0.25) is 0 Å². The van der Waals surface area contributed by atoms with Crippen LogP contribution in [-0.4, -0.2) is 20.8 Å². The molecule has 0 spiro atoms. The summed E-state index contributed by atoms with van der Waals surface area (Å²) in [5.74, 6) is 1.68. The molecule has 0 radical (unpaired) electrons. The van der Waals surface area contributed by atoms with Gasteiger partial charge >= 0.3 is 0 Å². The Morgan fingerprint density at radius 3 is 2.69 bits per heavy atom. The lowest BCUT2D eigenvalue weighted by Crippen LogP contribution is -2.27. The van der Waals surface area contributed by atoms with Gasteiger partial charge in [0.1, 0.15) is 0 Å². The SMILES string of the molecule is COc1cccc([C@@H]2CCCCN2)c1OC. The molecule has 0 bridgehead atoms. The van der Waals surface area contributed by atoms with Crippen molar-refractivity contribution in [1.29, 1.82) is 0 Å². The zero-order chi connectivity index (χ0) is 11.4. The number of piperidine rings is 1. The van der Waals surface area contributed by atoms with Gasteiger partial charge in [0.25, 0.3) is 0 Å². The number of hydrogen-bond donors (Lipinski definition) is 1. The zero-order valence-corrected chi connectivity index (χ0v) is 9.95. The standard InChI is InChI=1S/C13H19NO2/c1-15-12-8-5-6-10(13(12)16-2)11-7-3-4-9-14-11/h5-6,8,11,14H,3-4,7,9H2,1-2H3/t11-/m0/s1. The second kappa shape index (κ2) is 5.21. The van der Waals surface area contributed by atoms with Crippen LogP contribution in [0.4, 0.5) is 0 Å². The first kappa shape index (κ1) is 11.3. The van der Waals surface area contributed by atoms with Gasteiger partial charge in [0.15, 0.2) is 11.5 Å². The van der Waals surface area contributed by atoms with E-state index in [1.807, 2.05) is 12.1 Å². The van der Waals surface area contributed by atoms with Crippen molar-refractivity contribution >= 4 is 0 Å². The predicted octanol–water partition coefficient (Wildman–Crippen LogP) is 2.52. The molecule has 1 aromatic rings. The monoisotopic (exact) mass is 221 g/mol. The normalized spacial score (nSPS) is 20.5. The fraction of sp³-hybridized carbons (Fsp3) is 0.538. The van der Waals surface area contributed by atoms with Gasteiger partial charge in [-0.05, 0) is 25.5 Å². The van der Waals surface area contributed by atoms with E-state index < -0.39 is 0 Å². The molecule has 1 aromatic carbocycles. The average molecular weight is 221 g/mol. The number of ether oxygens (including phenoxy) is 2. The zero-order valence-electron chi connectivity index (χ0n) is 9.95. The van der Waals surface area contributed by atoms with Crippen LogP contribution < -0.4 is 14.8 Å². The Balaban J connectivity index is 2.30. The Kier molecular flexibility index (Phi) is 3.67. The van der Waals surface area contributed by atoms with Crippen LogP contribution in [0.5, 0.6) is 11.5 Å². The van der Waals surface area contributed by atoms with Crippen LogP contribution in [0.25, 0.3) is 0 Å². The van der Waals surface area contributed by atoms with E-state index in [-0.39, 0.29) is 0 Å². The van der Waals surface area contributed by atoms with Crippen molar-refractivity contribution in [3.8, 4) is 11.5 Å². The highest BCUT2D eigenvalue weighted by Gasteiger charge is 2.20. The minimum atomic E-state index is 0.402. The van der Waals surface area contributed by atoms with Crippen LogP contribution in [0.3, 0.4) is 0 Å². The van der Waals surface area contributed by atoms with Gasteiger partial charge in [-0.15, -0.1) is 0 Å². The topological polar surface area (TPSA) is 30.5 Å². The summed E-state index contributed by atoms with van der Waals surface area (Å²) >= 11 is 0. The second-order valence-electron chi connectivity index (χ2n) is 4.09. The van der Waals surface area contributed by atoms with Crippen LogP contribution in [-0.2, 0) is 0 Å². The molecule has 1 saturated heterocycles. The van der Waals surface area contributed by atoms with Gasteiger partial charge in [0, 0.05) is 11.6 Å². The van der Waals surface area contributed by atoms with Crippen molar-refractivity contribution in [2.24, 2.45) is 0 Å². The van der Waals surface area contributed by atoms with Gasteiger partial charge < -0.3 is 14.8 Å². The molecule has 3 heteroatoms. The van der Waals surface area contributed by atoms with Gasteiger partial charge in [-0.2, -0.15) is 0 Å². The first-order chi connectivity index (χ1) is 7.86. The fourth-order valence-corrected chi connectivity index (χ4v) is 2.30. The Morgan fingerprint density at radius 2 is 2.06 bits per heavy atom. The quantitative estimate of drug-likeness (QED) is 0.850. The van der Waals surface area contributed by atoms with Gasteiger partial charge in [-0.25, -0.2) is 0 Å². The van der Waals surface area contributed by atoms with Crippen molar-refractivity contribution < 1.29 is 9.47 Å². The largest absolute Gasteiger partial charge is 0.493 e. The molecular formula is C13H19NO2. The molecule has 16 heavy (non-hydrogen) atoms. The minimum absolute atomic E-state index is 0.402. The molecule has 1 heterocycles. The van der Waals surface area contributed by atoms with E-state index in [9.17, 15) is 0 Å². The molecular weight excluding hydrogens is 202 g/mol. The van der Waals surface area contributed by atoms with E-state index in [1.54, 1.807) is 14.2 Å². The molecule has 1 aliphatic rings. The smallest absolute Gasteiger partial charge is 0.165 e. The Labute approximate surface area is 96.8 Å². The number of methoxy groups -OCH3 is 2. The lowest BCUT2D eigenvalue weighted by molar-refractivity contribution is 0.338. The predicted molar refractivity (Wildman–Crippen MR) is 64.1 cm³/mol. The number of nitrogens with one attached hydrogen (secondary N) is 1. The van der Waals surface area contributed by atoms with E-state index in [4.69, 9.17) is 9.47 Å². The summed E-state index contributed by atoms with van der Waals surface area (Å²) in [4.78, 5) is 0. The van der Waals surface area contributed by atoms with E-state index in [0.717, 1.165) is 18.0 Å². The minimum Gasteiger partial charge on any atom is -0.493 e. The maximum atomic E-state index is 5.46. The van der Waals surface area contributed by atoms with E-state index in [2.05, 4.69) is 11.4 Å². The van der Waals surface area contributed by atoms with Crippen molar-refractivity contribution in [2.75, 3.05) is 20.8 Å². The van der Waals surface area contributed by atoms with Crippen molar-refractivity contribution in [2.45, 2.75) is 25.3 Å². The highest BCUT2D eigenvalue weighted by molar-refractivity contribution is 5.48. The highest BCUT2D eigenvalue weighted by atomic mass is 16.5. The highest BCUT2D eigenvalue weighted by Crippen LogP contribution is 2.37. The van der Waals surface area contributed by atoms with E-state index >= 15 is 0 Å². The van der Waals surface area contributed by atoms with Gasteiger partial charge in [-0.1, -0.05) is 18.6 Å². The lowest BCUT2D eigenvalue weighted by atomic mass is 9.96. The Bertz CT molecular complexity index is 346. The third-order valence-corrected chi connectivity index (χ3v) is 3.12. The van der Waals surface area contributed by atoms with Gasteiger partial charge in [0.05, 0.1) is 14.2 Å². The number of rotatable bonds is 3. The molecule has 1 atom stereocenters. The molecule has 3 nitrogen and oxygen atoms in total. The van der Waals surface area contributed by atoms with E-state index in [1.165, 1.54) is 24.8 Å². The molecule has 0 aliphatic carbocycles. The van der Waals surface area contributed by atoms with E-state index in [0.29, 0.717) is 6.04 Å². The Hall–Kier alpha value is -1.22. The molecule has 0 amide bonds. The number of benzene rings is 1. The van der Waals surface area contributed by atoms with Crippen molar-refractivity contribution in [3.63, 3.8) is 0 Å². The second-order valence-corrected chi connectivity index (χ2v) is 4.09. The van der Waals surface area contributed by atoms with Crippen molar-refractivity contribution in [3.05, 3.63) is 23.8 Å². The lowest BCUT2D eigenvalue weighted by Gasteiger charge is -2.25. The summed E-state index contributed by atoms with van der Waals surface area (Å²) in [5, 5.41) is 3.53. The Morgan fingerprint density at radius 1 is 1.19 bits per heavy atom. The maximum Gasteiger partial charge on any atom is 0.165 e. The van der Waals surface area contributed by atoms with Crippen LogP contribution in [0.15, 0.2) is 18.2 Å². The average Bonchev–Trinajstić information content (AvgIpc) is 2.38. The molecule has 2 rings (SSSR count). The van der Waals surface area contributed by atoms with Crippen LogP contribution in [0, 0.1) is 0 Å². The fourth-order valence-electron chi connectivity index (χ4n) is 2.30. The summed E-state index contributed by atoms with van der Waals surface area (Å²) in [7, 11) is 3.38.